The zero-order valence-corrected chi connectivity index (χ0v) is 15.0. The second-order valence-electron chi connectivity index (χ2n) is 5.26. The van der Waals surface area contributed by atoms with Crippen molar-refractivity contribution >= 4 is 64.7 Å². The molecule has 25 heavy (non-hydrogen) atoms. The van der Waals surface area contributed by atoms with Crippen LogP contribution in [0.1, 0.15) is 0 Å². The van der Waals surface area contributed by atoms with Gasteiger partial charge in [-0.25, -0.2) is 19.3 Å². The Kier molecular flexibility index (Phi) is 3.47. The topological polar surface area (TPSA) is 50.7 Å². The van der Waals surface area contributed by atoms with Crippen molar-refractivity contribution in [1.29, 1.82) is 0 Å². The van der Waals surface area contributed by atoms with Crippen molar-refractivity contribution in [1.82, 2.24) is 15.0 Å². The Morgan fingerprint density at radius 1 is 0.840 bits per heavy atom. The molecule has 0 unspecified atom stereocenters. The lowest BCUT2D eigenvalue weighted by molar-refractivity contribution is 0.637. The van der Waals surface area contributed by atoms with Crippen LogP contribution >= 0.6 is 34.0 Å². The molecule has 122 valence electrons. The maximum atomic E-state index is 13.8. The second kappa shape index (κ2) is 5.83. The molecule has 0 saturated heterocycles. The number of nitrogens with zero attached hydrogens (tertiary/aromatic N) is 3. The summed E-state index contributed by atoms with van der Waals surface area (Å²) in [5, 5.41) is 7.37. The third-order valence-electron chi connectivity index (χ3n) is 3.60. The van der Waals surface area contributed by atoms with Crippen molar-refractivity contribution in [2.24, 2.45) is 0 Å². The lowest BCUT2D eigenvalue weighted by Crippen LogP contribution is -1.88. The van der Waals surface area contributed by atoms with E-state index in [4.69, 9.17) is 0 Å². The van der Waals surface area contributed by atoms with Crippen molar-refractivity contribution in [2.75, 3.05) is 5.32 Å². The van der Waals surface area contributed by atoms with Gasteiger partial charge in [0.2, 0.25) is 0 Å². The first kappa shape index (κ1) is 14.9. The number of hydrogen-bond acceptors (Lipinski definition) is 7. The quantitative estimate of drug-likeness (QED) is 0.420. The molecule has 5 rings (SSSR count). The largest absolute Gasteiger partial charge is 0.307 e. The van der Waals surface area contributed by atoms with Crippen LogP contribution in [0.4, 0.5) is 14.7 Å². The molecule has 0 aliphatic heterocycles. The van der Waals surface area contributed by atoms with Crippen LogP contribution in [0, 0.1) is 5.82 Å². The molecular formula is C17H9FN4S3. The van der Waals surface area contributed by atoms with Gasteiger partial charge in [-0.15, -0.1) is 22.7 Å². The number of hydrogen-bond donors (Lipinski definition) is 1. The highest BCUT2D eigenvalue weighted by Crippen LogP contribution is 2.34. The van der Waals surface area contributed by atoms with Crippen LogP contribution in [0.3, 0.4) is 0 Å². The standard InChI is InChI=1S/C17H9FN4S3/c18-9-4-3-7-13-14(9)21-17(25-13)22-16-20-11(8-23-16)15-19-10-5-1-2-6-12(10)24-15/h1-8H,(H,20,21,22). The van der Waals surface area contributed by atoms with Gasteiger partial charge in [-0.2, -0.15) is 0 Å². The molecule has 0 bridgehead atoms. The molecule has 8 heteroatoms. The van der Waals surface area contributed by atoms with E-state index in [0.29, 0.717) is 15.8 Å². The highest BCUT2D eigenvalue weighted by molar-refractivity contribution is 7.23. The Hall–Kier alpha value is -2.42. The minimum Gasteiger partial charge on any atom is -0.307 e. The van der Waals surface area contributed by atoms with E-state index < -0.39 is 0 Å². The summed E-state index contributed by atoms with van der Waals surface area (Å²) >= 11 is 4.51. The summed E-state index contributed by atoms with van der Waals surface area (Å²) in [5.74, 6) is -0.309. The number of para-hydroxylation sites is 2. The fourth-order valence-electron chi connectivity index (χ4n) is 2.47. The third-order valence-corrected chi connectivity index (χ3v) is 6.35. The molecule has 0 aliphatic carbocycles. The molecule has 0 fully saturated rings. The minimum absolute atomic E-state index is 0.309. The first-order valence-corrected chi connectivity index (χ1v) is 9.91. The fourth-order valence-corrected chi connectivity index (χ4v) is 5.11. The zero-order chi connectivity index (χ0) is 16.8. The van der Waals surface area contributed by atoms with Crippen LogP contribution in [0.2, 0.25) is 0 Å². The van der Waals surface area contributed by atoms with Crippen LogP contribution in [-0.4, -0.2) is 15.0 Å². The molecule has 0 saturated carbocycles. The van der Waals surface area contributed by atoms with E-state index in [9.17, 15) is 4.39 Å². The number of benzene rings is 2. The molecule has 5 aromatic rings. The lowest BCUT2D eigenvalue weighted by atomic mass is 10.3. The molecular weight excluding hydrogens is 375 g/mol. The number of thiazole rings is 3. The molecule has 2 aromatic carbocycles. The van der Waals surface area contributed by atoms with Crippen molar-refractivity contribution in [3.8, 4) is 10.7 Å². The highest BCUT2D eigenvalue weighted by atomic mass is 32.1. The Bertz CT molecular complexity index is 1170. The highest BCUT2D eigenvalue weighted by Gasteiger charge is 2.12. The fraction of sp³-hybridized carbons (Fsp3) is 0. The van der Waals surface area contributed by atoms with E-state index in [1.807, 2.05) is 29.6 Å². The van der Waals surface area contributed by atoms with Crippen molar-refractivity contribution in [3.63, 3.8) is 0 Å². The number of aromatic nitrogens is 3. The van der Waals surface area contributed by atoms with Crippen LogP contribution < -0.4 is 5.32 Å². The van der Waals surface area contributed by atoms with Gasteiger partial charge in [-0.1, -0.05) is 29.5 Å². The molecule has 0 radical (unpaired) electrons. The minimum atomic E-state index is -0.309. The molecule has 0 atom stereocenters. The normalized spacial score (nSPS) is 11.4. The Balaban J connectivity index is 1.46. The van der Waals surface area contributed by atoms with E-state index in [-0.39, 0.29) is 5.82 Å². The Morgan fingerprint density at radius 3 is 2.60 bits per heavy atom. The van der Waals surface area contributed by atoms with E-state index >= 15 is 0 Å². The van der Waals surface area contributed by atoms with Gasteiger partial charge in [0.15, 0.2) is 10.3 Å². The third kappa shape index (κ3) is 2.68. The van der Waals surface area contributed by atoms with Gasteiger partial charge < -0.3 is 5.32 Å². The predicted octanol–water partition coefficient (Wildman–Crippen LogP) is 5.91. The first-order valence-electron chi connectivity index (χ1n) is 7.40. The van der Waals surface area contributed by atoms with Gasteiger partial charge in [0, 0.05) is 5.38 Å². The van der Waals surface area contributed by atoms with E-state index in [2.05, 4.69) is 26.3 Å². The average Bonchev–Trinajstić information content (AvgIpc) is 3.32. The monoisotopic (exact) mass is 384 g/mol. The molecule has 0 spiro atoms. The van der Waals surface area contributed by atoms with Gasteiger partial charge in [0.1, 0.15) is 22.0 Å². The van der Waals surface area contributed by atoms with Gasteiger partial charge in [0.05, 0.1) is 14.9 Å². The second-order valence-corrected chi connectivity index (χ2v) is 8.17. The van der Waals surface area contributed by atoms with Gasteiger partial charge in [0.25, 0.3) is 0 Å². The van der Waals surface area contributed by atoms with E-state index in [1.165, 1.54) is 28.7 Å². The maximum Gasteiger partial charge on any atom is 0.190 e. The van der Waals surface area contributed by atoms with Crippen molar-refractivity contribution in [3.05, 3.63) is 53.7 Å². The molecule has 4 nitrogen and oxygen atoms in total. The summed E-state index contributed by atoms with van der Waals surface area (Å²) in [7, 11) is 0. The first-order chi connectivity index (χ1) is 12.3. The van der Waals surface area contributed by atoms with Gasteiger partial charge in [-0.05, 0) is 24.3 Å². The Labute approximate surface area is 153 Å². The average molecular weight is 384 g/mol. The lowest BCUT2D eigenvalue weighted by Gasteiger charge is -1.94. The van der Waals surface area contributed by atoms with Crippen LogP contribution in [-0.2, 0) is 0 Å². The summed E-state index contributed by atoms with van der Waals surface area (Å²) in [6.45, 7) is 0. The maximum absolute atomic E-state index is 13.8. The number of rotatable bonds is 3. The summed E-state index contributed by atoms with van der Waals surface area (Å²) in [4.78, 5) is 13.5. The van der Waals surface area contributed by atoms with E-state index in [1.54, 1.807) is 17.4 Å². The van der Waals surface area contributed by atoms with Crippen LogP contribution in [0.25, 0.3) is 31.1 Å². The van der Waals surface area contributed by atoms with E-state index in [0.717, 1.165) is 25.6 Å². The molecule has 3 aromatic heterocycles. The Morgan fingerprint density at radius 2 is 1.72 bits per heavy atom. The predicted molar refractivity (Wildman–Crippen MR) is 104 cm³/mol. The number of anilines is 2. The van der Waals surface area contributed by atoms with Gasteiger partial charge >= 0.3 is 0 Å². The summed E-state index contributed by atoms with van der Waals surface area (Å²) < 4.78 is 15.7. The van der Waals surface area contributed by atoms with Crippen LogP contribution in [0.5, 0.6) is 0 Å². The summed E-state index contributed by atoms with van der Waals surface area (Å²) in [5.41, 5.74) is 2.20. The van der Waals surface area contributed by atoms with Gasteiger partial charge in [-0.3, -0.25) is 0 Å². The molecule has 0 amide bonds. The van der Waals surface area contributed by atoms with Crippen LogP contribution in [0.15, 0.2) is 47.8 Å². The zero-order valence-electron chi connectivity index (χ0n) is 12.6. The smallest absolute Gasteiger partial charge is 0.190 e. The number of fused-ring (bicyclic) bond motifs is 2. The molecule has 0 aliphatic rings. The molecule has 1 N–H and O–H groups in total. The summed E-state index contributed by atoms with van der Waals surface area (Å²) in [6.07, 6.45) is 0. The SMILES string of the molecule is Fc1cccc2sc(Nc3nc(-c4nc5ccccc5s4)cs3)nc12. The van der Waals surface area contributed by atoms with Crippen molar-refractivity contribution < 1.29 is 4.39 Å². The van der Waals surface area contributed by atoms with Crippen molar-refractivity contribution in [2.45, 2.75) is 0 Å². The molecule has 3 heterocycles. The number of halogens is 1. The summed E-state index contributed by atoms with van der Waals surface area (Å²) in [6, 6.07) is 13.0. The number of nitrogens with one attached hydrogen (secondary N) is 1.